The summed E-state index contributed by atoms with van der Waals surface area (Å²) in [6.07, 6.45) is 35.8. The molecule has 2 unspecified atom stereocenters. The molecule has 3 atom stereocenters. The normalized spacial score (nSPS) is 14.1. The predicted octanol–water partition coefficient (Wildman–Crippen LogP) is 12.4. The number of phosphoric acid groups is 1. The largest absolute Gasteiger partial charge is 0.756 e. The molecule has 0 rings (SSSR count). The van der Waals surface area contributed by atoms with Gasteiger partial charge in [-0.3, -0.25) is 14.2 Å². The van der Waals surface area contributed by atoms with Crippen LogP contribution in [-0.2, 0) is 32.7 Å². The lowest BCUT2D eigenvalue weighted by molar-refractivity contribution is -0.870. The molecule has 0 N–H and O–H groups in total. The number of nitrogens with zero attached hydrogens (tertiary/aromatic N) is 1. The van der Waals surface area contributed by atoms with Crippen LogP contribution in [0.25, 0.3) is 0 Å². The number of unbranched alkanes of at least 4 members (excludes halogenated alkanes) is 25. The number of ether oxygens (including phenoxy) is 2. The Hall–Kier alpha value is -0.990. The second-order valence-electron chi connectivity index (χ2n) is 17.4. The average molecular weight is 804 g/mol. The van der Waals surface area contributed by atoms with Crippen LogP contribution in [0.3, 0.4) is 0 Å². The number of rotatable bonds is 42. The van der Waals surface area contributed by atoms with Crippen LogP contribution in [0, 0.1) is 5.92 Å². The molecule has 0 bridgehead atoms. The van der Waals surface area contributed by atoms with Gasteiger partial charge in [-0.1, -0.05) is 194 Å². The van der Waals surface area contributed by atoms with Crippen LogP contribution in [0.4, 0.5) is 0 Å². The number of phosphoric ester groups is 1. The van der Waals surface area contributed by atoms with Gasteiger partial charge in [-0.25, -0.2) is 0 Å². The van der Waals surface area contributed by atoms with Crippen molar-refractivity contribution in [3.05, 3.63) is 0 Å². The van der Waals surface area contributed by atoms with E-state index >= 15 is 0 Å². The standard InChI is InChI=1S/C45H90NO8P/c1-7-9-11-13-15-17-19-21-22-23-25-27-29-31-33-35-45(48)54-43(41-53-55(49,50)52-39-38-46(4,5)6)40-51-44(47)37-36-42(3)34-32-30-28-26-24-20-18-16-14-12-10-8-2/h42-43H,7-41H2,1-6H3/t42?,43-/m1/s1. The topological polar surface area (TPSA) is 111 Å². The van der Waals surface area contributed by atoms with Crippen molar-refractivity contribution in [1.29, 1.82) is 0 Å². The molecule has 0 aliphatic rings. The van der Waals surface area contributed by atoms with Crippen molar-refractivity contribution in [2.24, 2.45) is 5.92 Å². The zero-order chi connectivity index (χ0) is 40.9. The second kappa shape index (κ2) is 37.3. The molecular formula is C45H90NO8P. The summed E-state index contributed by atoms with van der Waals surface area (Å²) in [5.74, 6) is -0.408. The van der Waals surface area contributed by atoms with E-state index in [1.807, 2.05) is 21.1 Å². The van der Waals surface area contributed by atoms with Crippen molar-refractivity contribution >= 4 is 19.8 Å². The quantitative estimate of drug-likeness (QED) is 0.0260. The highest BCUT2D eigenvalue weighted by Crippen LogP contribution is 2.38. The summed E-state index contributed by atoms with van der Waals surface area (Å²) in [5.41, 5.74) is 0. The highest BCUT2D eigenvalue weighted by atomic mass is 31.2. The van der Waals surface area contributed by atoms with Crippen LogP contribution in [0.2, 0.25) is 0 Å². The van der Waals surface area contributed by atoms with E-state index < -0.39 is 26.5 Å². The third-order valence-corrected chi connectivity index (χ3v) is 11.5. The third-order valence-electron chi connectivity index (χ3n) is 10.5. The number of esters is 2. The molecular weight excluding hydrogens is 713 g/mol. The Balaban J connectivity index is 4.40. The lowest BCUT2D eigenvalue weighted by Gasteiger charge is -2.28. The zero-order valence-electron chi connectivity index (χ0n) is 37.1. The van der Waals surface area contributed by atoms with E-state index in [1.165, 1.54) is 154 Å². The monoisotopic (exact) mass is 804 g/mol. The Bertz CT molecular complexity index is 927. The summed E-state index contributed by atoms with van der Waals surface area (Å²) >= 11 is 0. The molecule has 0 aliphatic carbocycles. The molecule has 0 aromatic rings. The minimum Gasteiger partial charge on any atom is -0.756 e. The van der Waals surface area contributed by atoms with Crippen molar-refractivity contribution in [2.45, 2.75) is 226 Å². The number of hydrogen-bond donors (Lipinski definition) is 0. The fraction of sp³-hybridized carbons (Fsp3) is 0.956. The van der Waals surface area contributed by atoms with Gasteiger partial charge in [0.25, 0.3) is 7.82 Å². The van der Waals surface area contributed by atoms with E-state index in [0.717, 1.165) is 25.7 Å². The minimum absolute atomic E-state index is 0.0274. The second-order valence-corrected chi connectivity index (χ2v) is 18.8. The first-order valence-electron chi connectivity index (χ1n) is 23.1. The molecule has 0 saturated carbocycles. The molecule has 0 aliphatic heterocycles. The van der Waals surface area contributed by atoms with E-state index in [1.54, 1.807) is 0 Å². The molecule has 0 radical (unpaired) electrons. The molecule has 0 heterocycles. The van der Waals surface area contributed by atoms with E-state index in [4.69, 9.17) is 18.5 Å². The molecule has 55 heavy (non-hydrogen) atoms. The molecule has 0 aromatic carbocycles. The maximum absolute atomic E-state index is 12.7. The van der Waals surface area contributed by atoms with E-state index in [9.17, 15) is 19.0 Å². The molecule has 9 nitrogen and oxygen atoms in total. The van der Waals surface area contributed by atoms with E-state index in [0.29, 0.717) is 23.4 Å². The Morgan fingerprint density at radius 2 is 0.964 bits per heavy atom. The Labute approximate surface area is 340 Å². The lowest BCUT2D eigenvalue weighted by Crippen LogP contribution is -2.37. The maximum atomic E-state index is 12.7. The van der Waals surface area contributed by atoms with Crippen LogP contribution in [0.5, 0.6) is 0 Å². The first kappa shape index (κ1) is 54.0. The number of likely N-dealkylation sites (N-methyl/N-ethyl adjacent to an activating group) is 1. The van der Waals surface area contributed by atoms with Gasteiger partial charge in [0.1, 0.15) is 19.8 Å². The van der Waals surface area contributed by atoms with Crippen LogP contribution in [-0.4, -0.2) is 70.0 Å². The lowest BCUT2D eigenvalue weighted by atomic mass is 9.97. The SMILES string of the molecule is CCCCCCCCCCCCCCCCCC(=O)O[C@H](COC(=O)CCC(C)CCCCCCCCCCCCCC)COP(=O)([O-])OCC[N+](C)(C)C. The number of carbonyl (C=O) groups is 2. The van der Waals surface area contributed by atoms with Crippen LogP contribution >= 0.6 is 7.82 Å². The van der Waals surface area contributed by atoms with Gasteiger partial charge in [0.05, 0.1) is 27.7 Å². The Morgan fingerprint density at radius 3 is 1.40 bits per heavy atom. The van der Waals surface area contributed by atoms with E-state index in [2.05, 4.69) is 20.8 Å². The van der Waals surface area contributed by atoms with Gasteiger partial charge in [-0.2, -0.15) is 0 Å². The summed E-state index contributed by atoms with van der Waals surface area (Å²) in [6, 6.07) is 0. The van der Waals surface area contributed by atoms with Gasteiger partial charge in [-0.15, -0.1) is 0 Å². The van der Waals surface area contributed by atoms with Crippen LogP contribution in [0.15, 0.2) is 0 Å². The number of carbonyl (C=O) groups excluding carboxylic acids is 2. The van der Waals surface area contributed by atoms with Crippen molar-refractivity contribution in [1.82, 2.24) is 0 Å². The Morgan fingerprint density at radius 1 is 0.545 bits per heavy atom. The summed E-state index contributed by atoms with van der Waals surface area (Å²) < 4.78 is 34.1. The molecule has 0 aromatic heterocycles. The van der Waals surface area contributed by atoms with Crippen molar-refractivity contribution in [3.8, 4) is 0 Å². The molecule has 0 fully saturated rings. The predicted molar refractivity (Wildman–Crippen MR) is 227 cm³/mol. The zero-order valence-corrected chi connectivity index (χ0v) is 38.0. The van der Waals surface area contributed by atoms with E-state index in [-0.39, 0.29) is 32.0 Å². The fourth-order valence-electron chi connectivity index (χ4n) is 6.74. The first-order chi connectivity index (χ1) is 26.4. The number of quaternary nitrogens is 1. The van der Waals surface area contributed by atoms with Gasteiger partial charge < -0.3 is 27.9 Å². The van der Waals surface area contributed by atoms with Crippen molar-refractivity contribution < 1.29 is 42.1 Å². The minimum atomic E-state index is -4.62. The van der Waals surface area contributed by atoms with Crippen molar-refractivity contribution in [3.63, 3.8) is 0 Å². The molecule has 328 valence electrons. The summed E-state index contributed by atoms with van der Waals surface area (Å²) in [7, 11) is 1.18. The number of hydrogen-bond acceptors (Lipinski definition) is 8. The van der Waals surface area contributed by atoms with Crippen LogP contribution < -0.4 is 4.89 Å². The first-order valence-corrected chi connectivity index (χ1v) is 24.6. The molecule has 0 saturated heterocycles. The van der Waals surface area contributed by atoms with Crippen molar-refractivity contribution in [2.75, 3.05) is 47.5 Å². The fourth-order valence-corrected chi connectivity index (χ4v) is 7.47. The van der Waals surface area contributed by atoms with Gasteiger partial charge >= 0.3 is 11.9 Å². The third kappa shape index (κ3) is 41.0. The van der Waals surface area contributed by atoms with Gasteiger partial charge in [0, 0.05) is 12.8 Å². The molecule has 0 spiro atoms. The van der Waals surface area contributed by atoms with Gasteiger partial charge in [0.15, 0.2) is 6.10 Å². The highest BCUT2D eigenvalue weighted by Gasteiger charge is 2.22. The summed E-state index contributed by atoms with van der Waals surface area (Å²) in [5, 5.41) is 0. The summed E-state index contributed by atoms with van der Waals surface area (Å²) in [6.45, 7) is 6.43. The highest BCUT2D eigenvalue weighted by molar-refractivity contribution is 7.45. The maximum Gasteiger partial charge on any atom is 0.306 e. The van der Waals surface area contributed by atoms with Crippen LogP contribution in [0.1, 0.15) is 220 Å². The molecule has 0 amide bonds. The average Bonchev–Trinajstić information content (AvgIpc) is 3.13. The molecule has 10 heteroatoms. The summed E-state index contributed by atoms with van der Waals surface area (Å²) in [4.78, 5) is 37.7. The van der Waals surface area contributed by atoms with Gasteiger partial charge in [0.2, 0.25) is 0 Å². The Kier molecular flexibility index (Phi) is 36.6. The van der Waals surface area contributed by atoms with Gasteiger partial charge in [-0.05, 0) is 18.8 Å². The smallest absolute Gasteiger partial charge is 0.306 e.